The monoisotopic (exact) mass is 374 g/mol. The summed E-state index contributed by atoms with van der Waals surface area (Å²) in [5, 5.41) is 19.9. The third-order valence-corrected chi connectivity index (χ3v) is 5.10. The third kappa shape index (κ3) is 4.18. The number of nitro benzene ring substituents is 1. The molecule has 0 unspecified atom stereocenters. The molecule has 1 heterocycles. The van der Waals surface area contributed by atoms with Gasteiger partial charge in [0.25, 0.3) is 5.69 Å². The molecule has 0 atom stereocenters. The van der Waals surface area contributed by atoms with Crippen molar-refractivity contribution in [3.8, 4) is 0 Å². The first-order valence-electron chi connectivity index (χ1n) is 9.41. The van der Waals surface area contributed by atoms with Crippen LogP contribution in [0.25, 0.3) is 10.8 Å². The molecule has 0 spiro atoms. The topological polar surface area (TPSA) is 62.0 Å². The van der Waals surface area contributed by atoms with Crippen LogP contribution >= 0.6 is 0 Å². The molecule has 1 saturated heterocycles. The van der Waals surface area contributed by atoms with Crippen molar-refractivity contribution in [1.82, 2.24) is 9.91 Å². The van der Waals surface area contributed by atoms with E-state index in [1.54, 1.807) is 18.3 Å². The first-order valence-corrected chi connectivity index (χ1v) is 9.41. The third-order valence-electron chi connectivity index (χ3n) is 5.10. The van der Waals surface area contributed by atoms with E-state index in [0.717, 1.165) is 38.3 Å². The van der Waals surface area contributed by atoms with Gasteiger partial charge in [-0.15, -0.1) is 0 Å². The largest absolute Gasteiger partial charge is 0.295 e. The fourth-order valence-corrected chi connectivity index (χ4v) is 3.51. The average Bonchev–Trinajstić information content (AvgIpc) is 2.74. The van der Waals surface area contributed by atoms with Crippen molar-refractivity contribution in [3.05, 3.63) is 88.0 Å². The number of rotatable bonds is 5. The van der Waals surface area contributed by atoms with E-state index >= 15 is 0 Å². The molecule has 1 aliphatic rings. The Kier molecular flexibility index (Phi) is 5.30. The fourth-order valence-electron chi connectivity index (χ4n) is 3.51. The zero-order chi connectivity index (χ0) is 19.3. The Morgan fingerprint density at radius 1 is 0.929 bits per heavy atom. The highest BCUT2D eigenvalue weighted by atomic mass is 16.6. The fraction of sp³-hybridized carbons (Fsp3) is 0.227. The molecule has 6 heteroatoms. The van der Waals surface area contributed by atoms with Crippen molar-refractivity contribution in [2.75, 3.05) is 26.2 Å². The van der Waals surface area contributed by atoms with Crippen LogP contribution in [-0.4, -0.2) is 47.2 Å². The summed E-state index contributed by atoms with van der Waals surface area (Å²) in [5.74, 6) is 0. The SMILES string of the molecule is O=[N+]([O-])c1ccc(/C=N/N2CCN(Cc3cccc4ccccc34)CC2)cc1. The van der Waals surface area contributed by atoms with E-state index in [4.69, 9.17) is 0 Å². The molecule has 0 N–H and O–H groups in total. The van der Waals surface area contributed by atoms with Gasteiger partial charge in [0.15, 0.2) is 0 Å². The van der Waals surface area contributed by atoms with Crippen LogP contribution in [-0.2, 0) is 6.54 Å². The highest BCUT2D eigenvalue weighted by molar-refractivity contribution is 5.85. The van der Waals surface area contributed by atoms with Gasteiger partial charge in [-0.1, -0.05) is 42.5 Å². The average molecular weight is 374 g/mol. The summed E-state index contributed by atoms with van der Waals surface area (Å²) in [4.78, 5) is 12.8. The Balaban J connectivity index is 1.33. The van der Waals surface area contributed by atoms with Crippen molar-refractivity contribution >= 4 is 22.7 Å². The Hall–Kier alpha value is -3.25. The standard InChI is InChI=1S/C22H22N4O2/c27-26(28)21-10-8-18(9-11-21)16-23-25-14-12-24(13-15-25)17-20-6-3-5-19-4-1-2-7-22(19)20/h1-11,16H,12-15,17H2/b23-16+. The Morgan fingerprint density at radius 3 is 2.39 bits per heavy atom. The quantitative estimate of drug-likeness (QED) is 0.386. The number of non-ortho nitro benzene ring substituents is 1. The van der Waals surface area contributed by atoms with Gasteiger partial charge in [-0.3, -0.25) is 20.0 Å². The summed E-state index contributed by atoms with van der Waals surface area (Å²) in [5.41, 5.74) is 2.32. The van der Waals surface area contributed by atoms with Crippen LogP contribution in [0.2, 0.25) is 0 Å². The number of fused-ring (bicyclic) bond motifs is 1. The summed E-state index contributed by atoms with van der Waals surface area (Å²) >= 11 is 0. The maximum absolute atomic E-state index is 10.7. The Labute approximate surface area is 163 Å². The Morgan fingerprint density at radius 2 is 1.64 bits per heavy atom. The lowest BCUT2D eigenvalue weighted by Gasteiger charge is -2.33. The van der Waals surface area contributed by atoms with Gasteiger partial charge in [-0.25, -0.2) is 0 Å². The molecular weight excluding hydrogens is 352 g/mol. The number of hydrogen-bond donors (Lipinski definition) is 0. The van der Waals surface area contributed by atoms with Crippen LogP contribution < -0.4 is 0 Å². The summed E-state index contributed by atoms with van der Waals surface area (Å²) in [6, 6.07) is 21.5. The van der Waals surface area contributed by atoms with Gasteiger partial charge in [0.1, 0.15) is 0 Å². The summed E-state index contributed by atoms with van der Waals surface area (Å²) in [6.45, 7) is 4.60. The molecule has 1 fully saturated rings. The minimum Gasteiger partial charge on any atom is -0.295 e. The lowest BCUT2D eigenvalue weighted by molar-refractivity contribution is -0.384. The van der Waals surface area contributed by atoms with E-state index < -0.39 is 4.92 Å². The second kappa shape index (κ2) is 8.19. The summed E-state index contributed by atoms with van der Waals surface area (Å²) in [7, 11) is 0. The van der Waals surface area contributed by atoms with E-state index in [1.807, 2.05) is 0 Å². The maximum atomic E-state index is 10.7. The number of nitro groups is 1. The van der Waals surface area contributed by atoms with Crippen molar-refractivity contribution in [2.24, 2.45) is 5.10 Å². The molecule has 1 aliphatic heterocycles. The molecule has 0 aliphatic carbocycles. The number of piperazine rings is 1. The lowest BCUT2D eigenvalue weighted by Crippen LogP contribution is -2.43. The predicted molar refractivity (Wildman–Crippen MR) is 111 cm³/mol. The minimum absolute atomic E-state index is 0.0965. The van der Waals surface area contributed by atoms with Crippen LogP contribution in [0.1, 0.15) is 11.1 Å². The van der Waals surface area contributed by atoms with E-state index in [1.165, 1.54) is 28.5 Å². The molecule has 0 aromatic heterocycles. The van der Waals surface area contributed by atoms with Crippen molar-refractivity contribution in [1.29, 1.82) is 0 Å². The van der Waals surface area contributed by atoms with Crippen molar-refractivity contribution in [2.45, 2.75) is 6.54 Å². The highest BCUT2D eigenvalue weighted by Crippen LogP contribution is 2.20. The normalized spacial score (nSPS) is 15.4. The zero-order valence-electron chi connectivity index (χ0n) is 15.6. The minimum atomic E-state index is -0.393. The van der Waals surface area contributed by atoms with Crippen LogP contribution in [0.15, 0.2) is 71.8 Å². The van der Waals surface area contributed by atoms with E-state index in [9.17, 15) is 10.1 Å². The van der Waals surface area contributed by atoms with E-state index in [2.05, 4.69) is 57.5 Å². The number of benzene rings is 3. The van der Waals surface area contributed by atoms with Gasteiger partial charge in [-0.2, -0.15) is 5.10 Å². The van der Waals surface area contributed by atoms with Crippen LogP contribution in [0.4, 0.5) is 5.69 Å². The smallest absolute Gasteiger partial charge is 0.269 e. The lowest BCUT2D eigenvalue weighted by atomic mass is 10.0. The molecule has 6 nitrogen and oxygen atoms in total. The van der Waals surface area contributed by atoms with Crippen molar-refractivity contribution < 1.29 is 4.92 Å². The van der Waals surface area contributed by atoms with Gasteiger partial charge in [0.05, 0.1) is 11.1 Å². The maximum Gasteiger partial charge on any atom is 0.269 e. The first kappa shape index (κ1) is 18.1. The van der Waals surface area contributed by atoms with Crippen LogP contribution in [0, 0.1) is 10.1 Å². The van der Waals surface area contributed by atoms with Gasteiger partial charge < -0.3 is 0 Å². The highest BCUT2D eigenvalue weighted by Gasteiger charge is 2.16. The molecule has 0 amide bonds. The molecule has 0 saturated carbocycles. The summed E-state index contributed by atoms with van der Waals surface area (Å²) in [6.07, 6.45) is 1.77. The molecule has 0 radical (unpaired) electrons. The van der Waals surface area contributed by atoms with Crippen LogP contribution in [0.5, 0.6) is 0 Å². The van der Waals surface area contributed by atoms with Gasteiger partial charge in [0, 0.05) is 44.9 Å². The van der Waals surface area contributed by atoms with E-state index in [0.29, 0.717) is 0 Å². The van der Waals surface area contributed by atoms with Gasteiger partial charge in [0.2, 0.25) is 0 Å². The Bertz CT molecular complexity index is 988. The number of hydrogen-bond acceptors (Lipinski definition) is 5. The van der Waals surface area contributed by atoms with Crippen molar-refractivity contribution in [3.63, 3.8) is 0 Å². The second-order valence-electron chi connectivity index (χ2n) is 6.96. The second-order valence-corrected chi connectivity index (χ2v) is 6.96. The number of nitrogens with zero attached hydrogens (tertiary/aromatic N) is 4. The molecule has 3 aromatic rings. The molecule has 0 bridgehead atoms. The van der Waals surface area contributed by atoms with Gasteiger partial charge in [-0.05, 0) is 34.0 Å². The summed E-state index contributed by atoms with van der Waals surface area (Å²) < 4.78 is 0. The van der Waals surface area contributed by atoms with Crippen LogP contribution in [0.3, 0.4) is 0 Å². The molecule has 3 aromatic carbocycles. The first-order chi connectivity index (χ1) is 13.7. The number of hydrazone groups is 1. The van der Waals surface area contributed by atoms with Gasteiger partial charge >= 0.3 is 0 Å². The molecular formula is C22H22N4O2. The molecule has 142 valence electrons. The predicted octanol–water partition coefficient (Wildman–Crippen LogP) is 3.90. The molecule has 28 heavy (non-hydrogen) atoms. The molecule has 4 rings (SSSR count). The van der Waals surface area contributed by atoms with E-state index in [-0.39, 0.29) is 5.69 Å². The zero-order valence-corrected chi connectivity index (χ0v) is 15.6.